The van der Waals surface area contributed by atoms with E-state index in [1.165, 1.54) is 0 Å². The molecule has 200 valence electrons. The third kappa shape index (κ3) is 5.31. The highest BCUT2D eigenvalue weighted by Gasteiger charge is 2.42. The molecule has 5 rings (SSSR count). The van der Waals surface area contributed by atoms with E-state index in [2.05, 4.69) is 31.2 Å². The van der Waals surface area contributed by atoms with Crippen LogP contribution in [0.4, 0.5) is 11.4 Å². The van der Waals surface area contributed by atoms with E-state index in [-0.39, 0.29) is 18.0 Å². The number of hydrogen-bond donors (Lipinski definition) is 2. The Morgan fingerprint density at radius 2 is 1.85 bits per heavy atom. The second-order valence-corrected chi connectivity index (χ2v) is 9.40. The largest absolute Gasteiger partial charge is 0.494 e. The monoisotopic (exact) mass is 541 g/mol. The minimum Gasteiger partial charge on any atom is -0.494 e. The van der Waals surface area contributed by atoms with Gasteiger partial charge < -0.3 is 29.6 Å². The number of nitrogens with zero attached hydrogens (tertiary/aromatic N) is 3. The maximum Gasteiger partial charge on any atom is 0.224 e. The fraction of sp³-hybridized carbons (Fsp3) is 0.233. The van der Waals surface area contributed by atoms with Gasteiger partial charge in [0.25, 0.3) is 0 Å². The van der Waals surface area contributed by atoms with Gasteiger partial charge in [-0.15, -0.1) is 0 Å². The quantitative estimate of drug-likeness (QED) is 0.259. The van der Waals surface area contributed by atoms with Crippen LogP contribution in [0.15, 0.2) is 85.2 Å². The number of methoxy groups -OCH3 is 1. The summed E-state index contributed by atoms with van der Waals surface area (Å²) in [4.78, 5) is 18.8. The summed E-state index contributed by atoms with van der Waals surface area (Å²) in [7, 11) is 1.59. The van der Waals surface area contributed by atoms with E-state index in [9.17, 15) is 4.79 Å². The molecule has 1 aliphatic rings. The molecule has 0 spiro atoms. The lowest BCUT2D eigenvalue weighted by atomic mass is 10.0. The van der Waals surface area contributed by atoms with Crippen LogP contribution >= 0.6 is 12.2 Å². The van der Waals surface area contributed by atoms with Crippen LogP contribution in [0.25, 0.3) is 5.69 Å². The van der Waals surface area contributed by atoms with Crippen LogP contribution in [-0.2, 0) is 4.79 Å². The molecule has 4 aromatic rings. The molecule has 1 amide bonds. The molecule has 0 aliphatic carbocycles. The smallest absolute Gasteiger partial charge is 0.224 e. The van der Waals surface area contributed by atoms with Crippen LogP contribution in [0.3, 0.4) is 0 Å². The molecule has 3 heterocycles. The van der Waals surface area contributed by atoms with Crippen LogP contribution in [0.2, 0.25) is 0 Å². The molecule has 0 bridgehead atoms. The minimum absolute atomic E-state index is 0.0827. The molecule has 0 unspecified atom stereocenters. The predicted octanol–water partition coefficient (Wildman–Crippen LogP) is 5.81. The topological polar surface area (TPSA) is 80.7 Å². The molecule has 0 radical (unpaired) electrons. The van der Waals surface area contributed by atoms with Gasteiger partial charge in [-0.3, -0.25) is 9.78 Å². The van der Waals surface area contributed by atoms with E-state index in [0.29, 0.717) is 29.6 Å². The summed E-state index contributed by atoms with van der Waals surface area (Å²) in [5.74, 6) is 1.30. The molecule has 39 heavy (non-hydrogen) atoms. The van der Waals surface area contributed by atoms with Gasteiger partial charge >= 0.3 is 0 Å². The first-order chi connectivity index (χ1) is 19.0. The Hall–Kier alpha value is -4.37. The van der Waals surface area contributed by atoms with Crippen molar-refractivity contribution in [2.24, 2.45) is 0 Å². The predicted molar refractivity (Wildman–Crippen MR) is 157 cm³/mol. The third-order valence-corrected chi connectivity index (χ3v) is 6.98. The number of nitrogens with one attached hydrogen (secondary N) is 2. The van der Waals surface area contributed by atoms with E-state index >= 15 is 0 Å². The van der Waals surface area contributed by atoms with Gasteiger partial charge in [0.2, 0.25) is 5.91 Å². The zero-order chi connectivity index (χ0) is 27.4. The number of hydrogen-bond acceptors (Lipinski definition) is 5. The number of carbonyl (C=O) groups is 1. The maximum absolute atomic E-state index is 12.1. The first kappa shape index (κ1) is 26.2. The molecular formula is C30H31N5O3S. The van der Waals surface area contributed by atoms with Crippen LogP contribution in [0, 0.1) is 0 Å². The van der Waals surface area contributed by atoms with Gasteiger partial charge in [0.05, 0.1) is 31.1 Å². The van der Waals surface area contributed by atoms with Crippen molar-refractivity contribution in [1.29, 1.82) is 0 Å². The number of benzene rings is 2. The fourth-order valence-electron chi connectivity index (χ4n) is 4.84. The highest BCUT2D eigenvalue weighted by Crippen LogP contribution is 2.44. The van der Waals surface area contributed by atoms with Gasteiger partial charge in [-0.25, -0.2) is 0 Å². The SMILES string of the molecule is CCOc1ccc(-n2cccc2[C@@H]2[C@H](c3ccccn3)NC(=S)N2c2ccc(NC(=O)CC)c(OC)c2)cc1. The Labute approximate surface area is 233 Å². The van der Waals surface area contributed by atoms with Crippen molar-refractivity contribution in [3.05, 3.63) is 96.6 Å². The van der Waals surface area contributed by atoms with Crippen LogP contribution in [-0.4, -0.2) is 34.3 Å². The van der Waals surface area contributed by atoms with Gasteiger partial charge in [-0.2, -0.15) is 0 Å². The molecule has 2 atom stereocenters. The molecule has 1 fully saturated rings. The summed E-state index contributed by atoms with van der Waals surface area (Å²) in [6.45, 7) is 4.40. The van der Waals surface area contributed by atoms with Crippen LogP contribution < -0.4 is 25.0 Å². The van der Waals surface area contributed by atoms with Gasteiger partial charge in [-0.05, 0) is 79.8 Å². The molecule has 9 heteroatoms. The average Bonchev–Trinajstić information content (AvgIpc) is 3.58. The lowest BCUT2D eigenvalue weighted by molar-refractivity contribution is -0.115. The van der Waals surface area contributed by atoms with Crippen molar-refractivity contribution in [2.75, 3.05) is 23.9 Å². The molecule has 1 aliphatic heterocycles. The Kier molecular flexibility index (Phi) is 7.79. The highest BCUT2D eigenvalue weighted by molar-refractivity contribution is 7.80. The zero-order valence-electron chi connectivity index (χ0n) is 22.1. The van der Waals surface area contributed by atoms with Crippen molar-refractivity contribution >= 4 is 34.6 Å². The van der Waals surface area contributed by atoms with E-state index < -0.39 is 0 Å². The van der Waals surface area contributed by atoms with Crippen LogP contribution in [0.5, 0.6) is 11.5 Å². The third-order valence-electron chi connectivity index (χ3n) is 6.67. The molecule has 2 aromatic carbocycles. The average molecular weight is 542 g/mol. The summed E-state index contributed by atoms with van der Waals surface area (Å²) in [6, 6.07) is 23.3. The maximum atomic E-state index is 12.1. The summed E-state index contributed by atoms with van der Waals surface area (Å²) < 4.78 is 13.5. The Bertz CT molecular complexity index is 1460. The number of carbonyl (C=O) groups excluding carboxylic acids is 1. The Balaban J connectivity index is 1.60. The number of aromatic nitrogens is 2. The van der Waals surface area contributed by atoms with Crippen molar-refractivity contribution in [2.45, 2.75) is 32.4 Å². The molecule has 2 N–H and O–H groups in total. The summed E-state index contributed by atoms with van der Waals surface area (Å²) in [5, 5.41) is 6.98. The second-order valence-electron chi connectivity index (χ2n) is 9.01. The number of anilines is 2. The van der Waals surface area contributed by atoms with E-state index in [1.807, 2.05) is 86.8 Å². The number of pyridine rings is 1. The number of amides is 1. The minimum atomic E-state index is -0.227. The standard InChI is InChI=1S/C30H31N5O3S/c1-4-27(36)32-23-16-13-21(19-26(23)37-3)35-29(28(33-30(35)39)24-9-6-7-17-31-24)25-10-8-18-34(25)20-11-14-22(15-12-20)38-5-2/h6-19,28-29H,4-5H2,1-3H3,(H,32,36)(H,33,39)/t28-,29+/m0/s1. The van der Waals surface area contributed by atoms with Gasteiger partial charge in [0.15, 0.2) is 5.11 Å². The number of ether oxygens (including phenoxy) is 2. The van der Waals surface area contributed by atoms with Gasteiger partial charge in [0, 0.05) is 41.9 Å². The molecular weight excluding hydrogens is 510 g/mol. The van der Waals surface area contributed by atoms with E-state index in [0.717, 1.165) is 28.5 Å². The lowest BCUT2D eigenvalue weighted by Crippen LogP contribution is -2.30. The first-order valence-electron chi connectivity index (χ1n) is 12.9. The lowest BCUT2D eigenvalue weighted by Gasteiger charge is -2.29. The first-order valence-corrected chi connectivity index (χ1v) is 13.3. The second kappa shape index (κ2) is 11.6. The van der Waals surface area contributed by atoms with Crippen molar-refractivity contribution in [3.63, 3.8) is 0 Å². The summed E-state index contributed by atoms with van der Waals surface area (Å²) in [6.07, 6.45) is 4.21. The summed E-state index contributed by atoms with van der Waals surface area (Å²) in [5.41, 5.74) is 4.37. The van der Waals surface area contributed by atoms with Crippen molar-refractivity contribution in [1.82, 2.24) is 14.9 Å². The van der Waals surface area contributed by atoms with Gasteiger partial charge in [-0.1, -0.05) is 13.0 Å². The number of rotatable bonds is 9. The van der Waals surface area contributed by atoms with Crippen molar-refractivity contribution < 1.29 is 14.3 Å². The van der Waals surface area contributed by atoms with E-state index in [1.54, 1.807) is 13.3 Å². The van der Waals surface area contributed by atoms with Crippen LogP contribution in [0.1, 0.15) is 43.7 Å². The highest BCUT2D eigenvalue weighted by atomic mass is 32.1. The molecule has 0 saturated carbocycles. The molecule has 2 aromatic heterocycles. The van der Waals surface area contributed by atoms with E-state index in [4.69, 9.17) is 21.7 Å². The van der Waals surface area contributed by atoms with Crippen molar-refractivity contribution in [3.8, 4) is 17.2 Å². The normalized spacial score (nSPS) is 16.6. The Morgan fingerprint density at radius 1 is 1.05 bits per heavy atom. The zero-order valence-corrected chi connectivity index (χ0v) is 22.9. The molecule has 8 nitrogen and oxygen atoms in total. The Morgan fingerprint density at radius 3 is 2.54 bits per heavy atom. The van der Waals surface area contributed by atoms with Gasteiger partial charge in [0.1, 0.15) is 17.5 Å². The fourth-order valence-corrected chi connectivity index (χ4v) is 5.19. The number of thiocarbonyl (C=S) groups is 1. The summed E-state index contributed by atoms with van der Waals surface area (Å²) >= 11 is 5.91. The molecule has 1 saturated heterocycles.